The van der Waals surface area contributed by atoms with Crippen LogP contribution in [0, 0.1) is 5.41 Å². The number of hydrogen-bond donors (Lipinski definition) is 1. The van der Waals surface area contributed by atoms with Crippen molar-refractivity contribution in [2.45, 2.75) is 27.7 Å². The van der Waals surface area contributed by atoms with Gasteiger partial charge in [-0.15, -0.1) is 0 Å². The Hall–Kier alpha value is -1.29. The summed E-state index contributed by atoms with van der Waals surface area (Å²) in [6.45, 7) is 9.13. The molecule has 1 heterocycles. The third kappa shape index (κ3) is 4.53. The van der Waals surface area contributed by atoms with E-state index in [0.717, 1.165) is 6.54 Å². The van der Waals surface area contributed by atoms with E-state index in [2.05, 4.69) is 31.1 Å². The standard InChI is InChI=1S/C13H19ClN2O2/c1-5-18-12(17)9-7-15-11(14)6-10(9)16-8-13(2,3)4/h6-7H,5,8H2,1-4H3,(H,15,16). The lowest BCUT2D eigenvalue weighted by molar-refractivity contribution is 0.0527. The van der Waals surface area contributed by atoms with Crippen molar-refractivity contribution in [1.82, 2.24) is 4.98 Å². The highest BCUT2D eigenvalue weighted by molar-refractivity contribution is 6.29. The molecular formula is C13H19ClN2O2. The Balaban J connectivity index is 2.93. The molecule has 1 aromatic heterocycles. The molecule has 0 aliphatic rings. The summed E-state index contributed by atoms with van der Waals surface area (Å²) in [6, 6.07) is 1.64. The first-order valence-corrected chi connectivity index (χ1v) is 6.28. The summed E-state index contributed by atoms with van der Waals surface area (Å²) in [5, 5.41) is 3.55. The Bertz CT molecular complexity index is 427. The van der Waals surface area contributed by atoms with Crippen LogP contribution in [0.2, 0.25) is 5.15 Å². The Morgan fingerprint density at radius 2 is 2.17 bits per heavy atom. The number of carbonyl (C=O) groups excluding carboxylic acids is 1. The van der Waals surface area contributed by atoms with E-state index in [0.29, 0.717) is 23.0 Å². The van der Waals surface area contributed by atoms with Crippen molar-refractivity contribution >= 4 is 23.3 Å². The summed E-state index contributed by atoms with van der Waals surface area (Å²) in [7, 11) is 0. The maximum absolute atomic E-state index is 11.8. The molecular weight excluding hydrogens is 252 g/mol. The highest BCUT2D eigenvalue weighted by Crippen LogP contribution is 2.22. The molecule has 1 aromatic rings. The summed E-state index contributed by atoms with van der Waals surface area (Å²) < 4.78 is 4.98. The lowest BCUT2D eigenvalue weighted by Crippen LogP contribution is -2.20. The number of carbonyl (C=O) groups is 1. The molecule has 0 fully saturated rings. The third-order valence-corrected chi connectivity index (χ3v) is 2.38. The SMILES string of the molecule is CCOC(=O)c1cnc(Cl)cc1NCC(C)(C)C. The number of ether oxygens (including phenoxy) is 1. The summed E-state index contributed by atoms with van der Waals surface area (Å²) in [4.78, 5) is 15.7. The second-order valence-corrected chi connectivity index (χ2v) is 5.57. The molecule has 0 saturated carbocycles. The average Bonchev–Trinajstić information content (AvgIpc) is 2.25. The second kappa shape index (κ2) is 6.05. The number of nitrogens with one attached hydrogen (secondary N) is 1. The smallest absolute Gasteiger partial charge is 0.341 e. The van der Waals surface area contributed by atoms with Gasteiger partial charge in [-0.3, -0.25) is 0 Å². The van der Waals surface area contributed by atoms with E-state index in [-0.39, 0.29) is 5.41 Å². The monoisotopic (exact) mass is 270 g/mol. The molecule has 0 aliphatic carbocycles. The zero-order valence-electron chi connectivity index (χ0n) is 11.2. The van der Waals surface area contributed by atoms with Crippen molar-refractivity contribution in [3.05, 3.63) is 23.0 Å². The highest BCUT2D eigenvalue weighted by atomic mass is 35.5. The molecule has 0 unspecified atom stereocenters. The van der Waals surface area contributed by atoms with Crippen molar-refractivity contribution in [3.8, 4) is 0 Å². The molecule has 0 saturated heterocycles. The van der Waals surface area contributed by atoms with Gasteiger partial charge in [0.1, 0.15) is 10.7 Å². The lowest BCUT2D eigenvalue weighted by Gasteiger charge is -2.20. The van der Waals surface area contributed by atoms with Crippen LogP contribution in [0.4, 0.5) is 5.69 Å². The Morgan fingerprint density at radius 1 is 1.50 bits per heavy atom. The minimum Gasteiger partial charge on any atom is -0.462 e. The summed E-state index contributed by atoms with van der Waals surface area (Å²) in [6.07, 6.45) is 1.44. The van der Waals surface area contributed by atoms with Gasteiger partial charge in [0.15, 0.2) is 0 Å². The summed E-state index contributed by atoms with van der Waals surface area (Å²) in [5.74, 6) is -0.391. The van der Waals surface area contributed by atoms with Crippen molar-refractivity contribution in [3.63, 3.8) is 0 Å². The van der Waals surface area contributed by atoms with E-state index in [9.17, 15) is 4.79 Å². The highest BCUT2D eigenvalue weighted by Gasteiger charge is 2.16. The van der Waals surface area contributed by atoms with Gasteiger partial charge in [0.05, 0.1) is 12.3 Å². The predicted molar refractivity (Wildman–Crippen MR) is 73.1 cm³/mol. The summed E-state index contributed by atoms with van der Waals surface area (Å²) >= 11 is 5.85. The molecule has 0 radical (unpaired) electrons. The normalized spacial score (nSPS) is 11.2. The van der Waals surface area contributed by atoms with Crippen molar-refractivity contribution in [2.24, 2.45) is 5.41 Å². The van der Waals surface area contributed by atoms with Crippen LogP contribution in [0.1, 0.15) is 38.1 Å². The first kappa shape index (κ1) is 14.8. The largest absolute Gasteiger partial charge is 0.462 e. The number of anilines is 1. The van der Waals surface area contributed by atoms with Crippen molar-refractivity contribution in [1.29, 1.82) is 0 Å². The summed E-state index contributed by atoms with van der Waals surface area (Å²) in [5.41, 5.74) is 1.16. The molecule has 0 atom stereocenters. The minimum absolute atomic E-state index is 0.0989. The van der Waals surface area contributed by atoms with E-state index in [1.54, 1.807) is 13.0 Å². The lowest BCUT2D eigenvalue weighted by atomic mass is 9.97. The molecule has 0 aliphatic heterocycles. The topological polar surface area (TPSA) is 51.2 Å². The number of rotatable bonds is 4. The maximum atomic E-state index is 11.8. The predicted octanol–water partition coefficient (Wildman–Crippen LogP) is 3.37. The van der Waals surface area contributed by atoms with Gasteiger partial charge in [-0.2, -0.15) is 0 Å². The number of pyridine rings is 1. The van der Waals surface area contributed by atoms with Gasteiger partial charge in [0.25, 0.3) is 0 Å². The molecule has 0 aromatic carbocycles. The molecule has 1 N–H and O–H groups in total. The van der Waals surface area contributed by atoms with E-state index in [4.69, 9.17) is 16.3 Å². The molecule has 100 valence electrons. The zero-order chi connectivity index (χ0) is 13.8. The van der Waals surface area contributed by atoms with Crippen LogP contribution in [0.15, 0.2) is 12.3 Å². The number of esters is 1. The van der Waals surface area contributed by atoms with E-state index in [1.807, 2.05) is 0 Å². The Labute approximate surface area is 113 Å². The van der Waals surface area contributed by atoms with Crippen LogP contribution in [0.25, 0.3) is 0 Å². The van der Waals surface area contributed by atoms with Crippen molar-refractivity contribution < 1.29 is 9.53 Å². The molecule has 5 heteroatoms. The average molecular weight is 271 g/mol. The van der Waals surface area contributed by atoms with Crippen LogP contribution in [-0.2, 0) is 4.74 Å². The molecule has 1 rings (SSSR count). The number of halogens is 1. The van der Waals surface area contributed by atoms with E-state index in [1.165, 1.54) is 6.20 Å². The number of hydrogen-bond acceptors (Lipinski definition) is 4. The molecule has 0 spiro atoms. The van der Waals surface area contributed by atoms with Gasteiger partial charge in [-0.25, -0.2) is 9.78 Å². The van der Waals surface area contributed by atoms with Gasteiger partial charge in [0.2, 0.25) is 0 Å². The zero-order valence-corrected chi connectivity index (χ0v) is 12.0. The minimum atomic E-state index is -0.391. The number of aromatic nitrogens is 1. The maximum Gasteiger partial charge on any atom is 0.341 e. The van der Waals surface area contributed by atoms with Crippen LogP contribution < -0.4 is 5.32 Å². The Morgan fingerprint density at radius 3 is 2.72 bits per heavy atom. The van der Waals surface area contributed by atoms with Crippen molar-refractivity contribution in [2.75, 3.05) is 18.5 Å². The van der Waals surface area contributed by atoms with Crippen LogP contribution in [0.3, 0.4) is 0 Å². The molecule has 0 amide bonds. The quantitative estimate of drug-likeness (QED) is 0.673. The molecule has 4 nitrogen and oxygen atoms in total. The van der Waals surface area contributed by atoms with Gasteiger partial charge in [0, 0.05) is 12.7 Å². The second-order valence-electron chi connectivity index (χ2n) is 5.19. The van der Waals surface area contributed by atoms with Crippen LogP contribution in [-0.4, -0.2) is 24.1 Å². The van der Waals surface area contributed by atoms with Gasteiger partial charge in [-0.1, -0.05) is 32.4 Å². The van der Waals surface area contributed by atoms with Crippen LogP contribution in [0.5, 0.6) is 0 Å². The fourth-order valence-corrected chi connectivity index (χ4v) is 1.47. The molecule has 0 bridgehead atoms. The van der Waals surface area contributed by atoms with Crippen LogP contribution >= 0.6 is 11.6 Å². The number of nitrogens with zero attached hydrogens (tertiary/aromatic N) is 1. The first-order chi connectivity index (χ1) is 8.33. The first-order valence-electron chi connectivity index (χ1n) is 5.90. The third-order valence-electron chi connectivity index (χ3n) is 2.18. The molecule has 18 heavy (non-hydrogen) atoms. The van der Waals surface area contributed by atoms with E-state index < -0.39 is 5.97 Å². The fourth-order valence-electron chi connectivity index (χ4n) is 1.31. The van der Waals surface area contributed by atoms with E-state index >= 15 is 0 Å². The van der Waals surface area contributed by atoms with Gasteiger partial charge < -0.3 is 10.1 Å². The Kier molecular flexibility index (Phi) is 4.96. The van der Waals surface area contributed by atoms with Gasteiger partial charge in [-0.05, 0) is 18.4 Å². The fraction of sp³-hybridized carbons (Fsp3) is 0.538. The van der Waals surface area contributed by atoms with Gasteiger partial charge >= 0.3 is 5.97 Å².